The molecule has 0 aliphatic carbocycles. The zero-order valence-electron chi connectivity index (χ0n) is 15.0. The number of aromatic nitrogens is 3. The highest BCUT2D eigenvalue weighted by Crippen LogP contribution is 2.22. The first kappa shape index (κ1) is 17.9. The summed E-state index contributed by atoms with van der Waals surface area (Å²) in [5, 5.41) is 7.83. The SMILES string of the molecule is COC(=O)C(CC(C)C)NC(=O)c1cc(C)nc2c1c(C)nn2C. The average Bonchev–Trinajstić information content (AvgIpc) is 2.79. The van der Waals surface area contributed by atoms with E-state index in [1.807, 2.05) is 27.7 Å². The Hall–Kier alpha value is -2.44. The molecule has 130 valence electrons. The highest BCUT2D eigenvalue weighted by atomic mass is 16.5. The van der Waals surface area contributed by atoms with Crippen molar-refractivity contribution >= 4 is 22.9 Å². The molecule has 2 rings (SSSR count). The second-order valence-corrected chi connectivity index (χ2v) is 6.40. The molecule has 2 aromatic heterocycles. The molecule has 0 radical (unpaired) electrons. The summed E-state index contributed by atoms with van der Waals surface area (Å²) in [5.74, 6) is -0.520. The molecule has 0 aromatic carbocycles. The summed E-state index contributed by atoms with van der Waals surface area (Å²) in [7, 11) is 3.11. The van der Waals surface area contributed by atoms with Crippen LogP contribution in [0.5, 0.6) is 0 Å². The molecule has 24 heavy (non-hydrogen) atoms. The van der Waals surface area contributed by atoms with Gasteiger partial charge < -0.3 is 10.1 Å². The molecule has 7 heteroatoms. The molecule has 1 N–H and O–H groups in total. The quantitative estimate of drug-likeness (QED) is 0.845. The molecule has 1 atom stereocenters. The van der Waals surface area contributed by atoms with Crippen LogP contribution in [-0.2, 0) is 16.6 Å². The zero-order valence-corrected chi connectivity index (χ0v) is 15.0. The van der Waals surface area contributed by atoms with Crippen molar-refractivity contribution in [2.24, 2.45) is 13.0 Å². The van der Waals surface area contributed by atoms with Gasteiger partial charge >= 0.3 is 5.97 Å². The molecule has 1 unspecified atom stereocenters. The lowest BCUT2D eigenvalue weighted by atomic mass is 10.0. The van der Waals surface area contributed by atoms with E-state index >= 15 is 0 Å². The first-order valence-electron chi connectivity index (χ1n) is 7.94. The minimum Gasteiger partial charge on any atom is -0.467 e. The molecular weight excluding hydrogens is 308 g/mol. The van der Waals surface area contributed by atoms with Crippen LogP contribution in [0, 0.1) is 19.8 Å². The van der Waals surface area contributed by atoms with Crippen molar-refractivity contribution in [2.75, 3.05) is 7.11 Å². The van der Waals surface area contributed by atoms with E-state index in [2.05, 4.69) is 15.4 Å². The molecule has 7 nitrogen and oxygen atoms in total. The minimum atomic E-state index is -0.678. The number of esters is 1. The van der Waals surface area contributed by atoms with Crippen LogP contribution in [0.25, 0.3) is 11.0 Å². The fourth-order valence-electron chi connectivity index (χ4n) is 2.81. The van der Waals surface area contributed by atoms with Crippen molar-refractivity contribution in [1.82, 2.24) is 20.1 Å². The Morgan fingerprint density at radius 2 is 2.00 bits per heavy atom. The third kappa shape index (κ3) is 3.55. The number of carbonyl (C=O) groups is 2. The van der Waals surface area contributed by atoms with Crippen molar-refractivity contribution in [1.29, 1.82) is 0 Å². The Labute approximate surface area is 141 Å². The van der Waals surface area contributed by atoms with Crippen molar-refractivity contribution in [3.8, 4) is 0 Å². The number of rotatable bonds is 5. The van der Waals surface area contributed by atoms with Crippen LogP contribution in [0.15, 0.2) is 6.07 Å². The van der Waals surface area contributed by atoms with Gasteiger partial charge in [-0.15, -0.1) is 0 Å². The van der Waals surface area contributed by atoms with Gasteiger partial charge in [0.1, 0.15) is 6.04 Å². The number of carbonyl (C=O) groups excluding carboxylic acids is 2. The van der Waals surface area contributed by atoms with Crippen molar-refractivity contribution < 1.29 is 14.3 Å². The number of hydrogen-bond donors (Lipinski definition) is 1. The zero-order chi connectivity index (χ0) is 18.0. The molecule has 0 fully saturated rings. The van der Waals surface area contributed by atoms with Gasteiger partial charge in [0.15, 0.2) is 5.65 Å². The second kappa shape index (κ2) is 6.98. The van der Waals surface area contributed by atoms with Crippen molar-refractivity contribution in [2.45, 2.75) is 40.2 Å². The number of hydrogen-bond acceptors (Lipinski definition) is 5. The Bertz CT molecular complexity index is 780. The van der Waals surface area contributed by atoms with E-state index in [9.17, 15) is 9.59 Å². The van der Waals surface area contributed by atoms with Gasteiger partial charge in [0.25, 0.3) is 5.91 Å². The topological polar surface area (TPSA) is 86.1 Å². The van der Waals surface area contributed by atoms with Crippen molar-refractivity contribution in [3.63, 3.8) is 0 Å². The predicted octanol–water partition coefficient (Wildman–Crippen LogP) is 1.90. The number of pyridine rings is 1. The molecule has 0 aliphatic heterocycles. The molecule has 0 saturated heterocycles. The maximum absolute atomic E-state index is 12.8. The Morgan fingerprint density at radius 1 is 1.33 bits per heavy atom. The average molecular weight is 332 g/mol. The van der Waals surface area contributed by atoms with E-state index in [1.165, 1.54) is 7.11 Å². The lowest BCUT2D eigenvalue weighted by Crippen LogP contribution is -2.42. The van der Waals surface area contributed by atoms with Gasteiger partial charge in [-0.25, -0.2) is 9.78 Å². The van der Waals surface area contributed by atoms with Gasteiger partial charge in [-0.05, 0) is 32.3 Å². The molecular formula is C17H24N4O3. The number of methoxy groups -OCH3 is 1. The first-order chi connectivity index (χ1) is 11.2. The third-order valence-electron chi connectivity index (χ3n) is 3.84. The number of nitrogens with one attached hydrogen (secondary N) is 1. The van der Waals surface area contributed by atoms with E-state index in [0.717, 1.165) is 5.69 Å². The van der Waals surface area contributed by atoms with Crippen LogP contribution in [0.3, 0.4) is 0 Å². The molecule has 0 bridgehead atoms. The first-order valence-corrected chi connectivity index (χ1v) is 7.94. The monoisotopic (exact) mass is 332 g/mol. The maximum Gasteiger partial charge on any atom is 0.328 e. The van der Waals surface area contributed by atoms with Gasteiger partial charge in [0, 0.05) is 12.7 Å². The number of fused-ring (bicyclic) bond motifs is 1. The van der Waals surface area contributed by atoms with E-state index in [1.54, 1.807) is 17.8 Å². The Kier molecular flexibility index (Phi) is 5.21. The van der Waals surface area contributed by atoms with Crippen LogP contribution in [0.2, 0.25) is 0 Å². The Balaban J connectivity index is 2.42. The molecule has 0 saturated carbocycles. The van der Waals surface area contributed by atoms with Crippen LogP contribution in [-0.4, -0.2) is 39.8 Å². The van der Waals surface area contributed by atoms with Gasteiger partial charge in [-0.2, -0.15) is 5.10 Å². The van der Waals surface area contributed by atoms with Gasteiger partial charge in [0.2, 0.25) is 0 Å². The lowest BCUT2D eigenvalue weighted by molar-refractivity contribution is -0.143. The summed E-state index contributed by atoms with van der Waals surface area (Å²) in [6.07, 6.45) is 0.512. The fourth-order valence-corrected chi connectivity index (χ4v) is 2.81. The lowest BCUT2D eigenvalue weighted by Gasteiger charge is -2.18. The summed E-state index contributed by atoms with van der Waals surface area (Å²) in [6.45, 7) is 7.64. The third-order valence-corrected chi connectivity index (χ3v) is 3.84. The second-order valence-electron chi connectivity index (χ2n) is 6.40. The largest absolute Gasteiger partial charge is 0.467 e. The number of ether oxygens (including phenoxy) is 1. The Morgan fingerprint density at radius 3 is 2.58 bits per heavy atom. The van der Waals surface area contributed by atoms with E-state index < -0.39 is 12.0 Å². The summed E-state index contributed by atoms with van der Waals surface area (Å²) < 4.78 is 6.46. The van der Waals surface area contributed by atoms with Gasteiger partial charge in [-0.1, -0.05) is 13.8 Å². The highest BCUT2D eigenvalue weighted by Gasteiger charge is 2.25. The standard InChI is InChI=1S/C17H24N4O3/c1-9(2)7-13(17(23)24-6)19-16(22)12-8-10(3)18-15-14(12)11(4)20-21(15)5/h8-9,13H,7H2,1-6H3,(H,19,22). The number of nitrogens with zero attached hydrogens (tertiary/aromatic N) is 3. The normalized spacial score (nSPS) is 12.5. The number of amides is 1. The summed E-state index contributed by atoms with van der Waals surface area (Å²) >= 11 is 0. The predicted molar refractivity (Wildman–Crippen MR) is 90.7 cm³/mol. The van der Waals surface area contributed by atoms with E-state index in [0.29, 0.717) is 28.7 Å². The fraction of sp³-hybridized carbons (Fsp3) is 0.529. The smallest absolute Gasteiger partial charge is 0.328 e. The summed E-state index contributed by atoms with van der Waals surface area (Å²) in [6, 6.07) is 1.04. The van der Waals surface area contributed by atoms with Crippen LogP contribution in [0.4, 0.5) is 0 Å². The number of aryl methyl sites for hydroxylation is 3. The van der Waals surface area contributed by atoms with E-state index in [-0.39, 0.29) is 11.8 Å². The highest BCUT2D eigenvalue weighted by molar-refractivity contribution is 6.07. The van der Waals surface area contributed by atoms with Gasteiger partial charge in [0.05, 0.1) is 23.8 Å². The molecule has 2 heterocycles. The summed E-state index contributed by atoms with van der Waals surface area (Å²) in [4.78, 5) is 29.2. The van der Waals surface area contributed by atoms with Crippen LogP contribution in [0.1, 0.15) is 42.0 Å². The van der Waals surface area contributed by atoms with Crippen LogP contribution >= 0.6 is 0 Å². The summed E-state index contributed by atoms with van der Waals surface area (Å²) in [5.41, 5.74) is 2.56. The van der Waals surface area contributed by atoms with Crippen molar-refractivity contribution in [3.05, 3.63) is 23.0 Å². The molecule has 0 aliphatic rings. The van der Waals surface area contributed by atoms with E-state index in [4.69, 9.17) is 4.74 Å². The molecule has 1 amide bonds. The van der Waals surface area contributed by atoms with Gasteiger partial charge in [-0.3, -0.25) is 9.48 Å². The van der Waals surface area contributed by atoms with Crippen LogP contribution < -0.4 is 5.32 Å². The maximum atomic E-state index is 12.8. The minimum absolute atomic E-state index is 0.244. The molecule has 2 aromatic rings. The molecule has 0 spiro atoms.